The van der Waals surface area contributed by atoms with Crippen molar-refractivity contribution in [2.75, 3.05) is 6.61 Å². The van der Waals surface area contributed by atoms with Crippen molar-refractivity contribution in [1.82, 2.24) is 0 Å². The predicted octanol–water partition coefficient (Wildman–Crippen LogP) is 10.2. The highest BCUT2D eigenvalue weighted by Crippen LogP contribution is 2.56. The molecule has 5 aromatic carbocycles. The molecule has 5 heterocycles. The molecule has 75 heavy (non-hydrogen) atoms. The summed E-state index contributed by atoms with van der Waals surface area (Å²) in [7, 11) is -4.68. The van der Waals surface area contributed by atoms with Crippen LogP contribution in [0.1, 0.15) is 134 Å². The third kappa shape index (κ3) is 10.6. The molecule has 13 unspecified atom stereocenters. The van der Waals surface area contributed by atoms with Crippen molar-refractivity contribution in [3.63, 3.8) is 0 Å². The molecule has 1 saturated carbocycles. The first kappa shape index (κ1) is 51.2. The number of nitrogens with two attached hydrogens (primary N) is 2. The van der Waals surface area contributed by atoms with Crippen molar-refractivity contribution in [3.8, 4) is 23.3 Å². The van der Waals surface area contributed by atoms with E-state index in [1.165, 1.54) is 5.56 Å². The molecule has 10 bridgehead atoms. The maximum atomic E-state index is 14.4. The normalized spacial score (nSPS) is 31.3. The van der Waals surface area contributed by atoms with Gasteiger partial charge >= 0.3 is 0 Å². The molecule has 5 aliphatic heterocycles. The van der Waals surface area contributed by atoms with Crippen LogP contribution in [-0.4, -0.2) is 57.8 Å². The number of hydrogen-bond donors (Lipinski definition) is 6. The summed E-state index contributed by atoms with van der Waals surface area (Å²) < 4.78 is 55.0. The molecule has 0 radical (unpaired) electrons. The number of fused-ring (bicyclic) bond motifs is 9. The lowest BCUT2D eigenvalue weighted by atomic mass is 9.64. The van der Waals surface area contributed by atoms with E-state index in [0.717, 1.165) is 59.1 Å². The number of ether oxygens (including phenoxy) is 2. The van der Waals surface area contributed by atoms with Gasteiger partial charge in [0, 0.05) is 42.1 Å². The molecular weight excluding hydrogens is 959 g/mol. The van der Waals surface area contributed by atoms with E-state index >= 15 is 0 Å². The highest BCUT2D eigenvalue weighted by molar-refractivity contribution is 7.86. The zero-order valence-corrected chi connectivity index (χ0v) is 43.6. The van der Waals surface area contributed by atoms with Crippen LogP contribution in [0.25, 0.3) is 0 Å². The first-order valence-electron chi connectivity index (χ1n) is 27.2. The number of hydrogen-bond acceptors (Lipinski definition) is 8. The number of guanidine groups is 1. The maximum Gasteiger partial charge on any atom is 0.268 e. The number of aryl methyl sites for hydroxylation is 1. The molecule has 11 nitrogen and oxygen atoms in total. The van der Waals surface area contributed by atoms with Gasteiger partial charge in [0.2, 0.25) is 5.72 Å². The standard InChI is InChI=1S/C63H71N3O8S/c1-39-15-16-46-32-52-22-24-54(46)56(39)35-58(75(70,71)72)57-34-48-30-47(33-53-29-43(38-67)13-8-14-45-31-51(68)21-23-55(45)60(48)73-53)59(57)44-17-19-49(20-18-44)63(74-52,66-61(64)65)37-50(28-41-11-6-3-7-12-41)62(69)26-25-42(36-62)27-40-9-4-2-5-10-40/h2-7,9-12,17-24,31-32,34,39,42-43,47,50,53,56-60,67-69H,13,15-16,25-30,33,35-38H2,1H3,(H4,64,65,66)(H,70,71,72). The van der Waals surface area contributed by atoms with Crippen molar-refractivity contribution in [2.45, 2.75) is 131 Å². The quantitative estimate of drug-likeness (QED) is 0.0257. The van der Waals surface area contributed by atoms with Crippen LogP contribution >= 0.6 is 0 Å². The van der Waals surface area contributed by atoms with Gasteiger partial charge in [-0.2, -0.15) is 8.42 Å². The summed E-state index contributed by atoms with van der Waals surface area (Å²) >= 11 is 0. The van der Waals surface area contributed by atoms with E-state index in [4.69, 9.17) is 25.9 Å². The number of benzene rings is 5. The number of aliphatic imine (C=N–C) groups is 1. The number of aliphatic hydroxyl groups excluding tert-OH is 1. The van der Waals surface area contributed by atoms with E-state index in [0.29, 0.717) is 61.8 Å². The Kier molecular flexibility index (Phi) is 14.3. The molecular formula is C63H71N3O8S. The topological polar surface area (TPSA) is 198 Å². The van der Waals surface area contributed by atoms with E-state index in [2.05, 4.69) is 85.5 Å². The summed E-state index contributed by atoms with van der Waals surface area (Å²) in [6.07, 6.45) is 8.83. The lowest BCUT2D eigenvalue weighted by molar-refractivity contribution is -0.0555. The smallest absolute Gasteiger partial charge is 0.268 e. The Morgan fingerprint density at radius 3 is 2.36 bits per heavy atom. The van der Waals surface area contributed by atoms with Crippen LogP contribution in [0.3, 0.4) is 0 Å². The van der Waals surface area contributed by atoms with Gasteiger partial charge in [-0.3, -0.25) is 4.55 Å². The number of allylic oxidation sites excluding steroid dienone is 1. The SMILES string of the molecule is CC1CCc2cc3ccc2C1CC(S(=O)(=O)O)C1C=C2CC(CC4CC(CO)CC#Cc5cc(O)ccc5C2O4)C1c1ccc(cc1)C(CC(Cc1ccccc1)C1(O)CCC(Cc2ccccc2)C1)(N=C(N)N)O3. The Bertz CT molecular complexity index is 3110. The average Bonchev–Trinajstić information content (AvgIpc) is 3.71. The van der Waals surface area contributed by atoms with Crippen molar-refractivity contribution in [2.24, 2.45) is 52.0 Å². The second kappa shape index (κ2) is 20.9. The van der Waals surface area contributed by atoms with E-state index in [1.54, 1.807) is 12.1 Å². The first-order valence-corrected chi connectivity index (χ1v) is 28.7. The zero-order valence-electron chi connectivity index (χ0n) is 42.8. The van der Waals surface area contributed by atoms with Gasteiger partial charge in [0.1, 0.15) is 17.6 Å². The molecule has 392 valence electrons. The van der Waals surface area contributed by atoms with Gasteiger partial charge in [-0.25, -0.2) is 4.99 Å². The molecule has 0 spiro atoms. The fourth-order valence-electron chi connectivity index (χ4n) is 14.5. The largest absolute Gasteiger partial charge is 0.508 e. The number of aromatic hydroxyl groups is 1. The minimum Gasteiger partial charge on any atom is -0.508 e. The van der Waals surface area contributed by atoms with E-state index in [9.17, 15) is 28.3 Å². The highest BCUT2D eigenvalue weighted by atomic mass is 32.2. The summed E-state index contributed by atoms with van der Waals surface area (Å²) in [5.74, 6) is 5.47. The number of phenols is 1. The third-order valence-electron chi connectivity index (χ3n) is 18.2. The minimum atomic E-state index is -4.68. The second-order valence-corrected chi connectivity index (χ2v) is 24.7. The van der Waals surface area contributed by atoms with Crippen molar-refractivity contribution >= 4 is 16.1 Å². The predicted molar refractivity (Wildman–Crippen MR) is 291 cm³/mol. The van der Waals surface area contributed by atoms with Gasteiger partial charge in [0.25, 0.3) is 10.1 Å². The van der Waals surface area contributed by atoms with Gasteiger partial charge in [0.15, 0.2) is 5.96 Å². The number of phenolic OH excluding ortho intramolecular Hbond substituents is 1. The van der Waals surface area contributed by atoms with E-state index < -0.39 is 38.7 Å². The molecule has 8 aliphatic rings. The monoisotopic (exact) mass is 1030 g/mol. The van der Waals surface area contributed by atoms with Gasteiger partial charge in [-0.1, -0.05) is 122 Å². The minimum absolute atomic E-state index is 0.0717. The van der Waals surface area contributed by atoms with Gasteiger partial charge in [-0.05, 0) is 170 Å². The molecule has 13 rings (SSSR count). The number of nitrogens with zero attached hydrogens (tertiary/aromatic N) is 1. The molecule has 13 atom stereocenters. The maximum absolute atomic E-state index is 14.4. The van der Waals surface area contributed by atoms with Crippen LogP contribution in [0.5, 0.6) is 11.5 Å². The van der Waals surface area contributed by atoms with Crippen molar-refractivity contribution in [1.29, 1.82) is 0 Å². The Morgan fingerprint density at radius 1 is 0.880 bits per heavy atom. The van der Waals surface area contributed by atoms with Gasteiger partial charge < -0.3 is 36.3 Å². The Labute approximate surface area is 442 Å². The van der Waals surface area contributed by atoms with Crippen molar-refractivity contribution in [3.05, 3.63) is 177 Å². The summed E-state index contributed by atoms with van der Waals surface area (Å²) in [4.78, 5) is 5.12. The lowest BCUT2D eigenvalue weighted by Crippen LogP contribution is -2.45. The average molecular weight is 1030 g/mol. The second-order valence-electron chi connectivity index (χ2n) is 23.1. The molecule has 8 N–H and O–H groups in total. The van der Waals surface area contributed by atoms with Crippen molar-refractivity contribution < 1.29 is 37.8 Å². The summed E-state index contributed by atoms with van der Waals surface area (Å²) in [6.45, 7) is 2.11. The summed E-state index contributed by atoms with van der Waals surface area (Å²) in [5.41, 5.74) is 18.8. The summed E-state index contributed by atoms with van der Waals surface area (Å²) in [5, 5.41) is 33.3. The van der Waals surface area contributed by atoms with Crippen LogP contribution in [0.4, 0.5) is 0 Å². The number of aliphatic hydroxyl groups is 2. The lowest BCUT2D eigenvalue weighted by Gasteiger charge is -2.42. The molecule has 0 amide bonds. The van der Waals surface area contributed by atoms with Gasteiger partial charge in [0.05, 0.1) is 17.0 Å². The molecule has 0 aromatic heterocycles. The zero-order chi connectivity index (χ0) is 52.1. The molecule has 12 heteroatoms. The fourth-order valence-corrected chi connectivity index (χ4v) is 15.6. The third-order valence-corrected chi connectivity index (χ3v) is 19.4. The number of rotatable bonds is 10. The van der Waals surface area contributed by atoms with E-state index in [1.807, 2.05) is 48.5 Å². The van der Waals surface area contributed by atoms with Crippen LogP contribution in [0.2, 0.25) is 0 Å². The van der Waals surface area contributed by atoms with Crippen LogP contribution < -0.4 is 16.2 Å². The first-order chi connectivity index (χ1) is 36.1. The van der Waals surface area contributed by atoms with Crippen LogP contribution in [-0.2, 0) is 39.8 Å². The van der Waals surface area contributed by atoms with Crippen LogP contribution in [0, 0.1) is 47.3 Å². The Morgan fingerprint density at radius 2 is 1.63 bits per heavy atom. The molecule has 3 aliphatic carbocycles. The summed E-state index contributed by atoms with van der Waals surface area (Å²) in [6, 6.07) is 40.1. The van der Waals surface area contributed by atoms with Gasteiger partial charge in [-0.15, -0.1) is 0 Å². The molecule has 2 fully saturated rings. The Hall–Kier alpha value is -5.94. The van der Waals surface area contributed by atoms with E-state index in [-0.39, 0.29) is 78.7 Å². The fraction of sp³-hybridized carbons (Fsp3) is 0.444. The Balaban J connectivity index is 1.08. The molecule has 5 aromatic rings. The molecule has 1 saturated heterocycles. The van der Waals surface area contributed by atoms with Crippen LogP contribution in [0.15, 0.2) is 138 Å². The highest BCUT2D eigenvalue weighted by Gasteiger charge is 2.51.